The molecule has 0 unspecified atom stereocenters. The highest BCUT2D eigenvalue weighted by Gasteiger charge is 2.10. The van der Waals surface area contributed by atoms with Gasteiger partial charge in [0.2, 0.25) is 0 Å². The number of benzene rings is 2. The van der Waals surface area contributed by atoms with Gasteiger partial charge >= 0.3 is 0 Å². The number of nitrogens with zero attached hydrogens (tertiary/aromatic N) is 2. The highest BCUT2D eigenvalue weighted by Crippen LogP contribution is 2.26. The number of hydrogen-bond acceptors (Lipinski definition) is 4. The monoisotopic (exact) mass is 328 g/mol. The lowest BCUT2D eigenvalue weighted by Crippen LogP contribution is -2.05. The summed E-state index contributed by atoms with van der Waals surface area (Å²) in [7, 11) is 1.72. The third-order valence-corrected chi connectivity index (χ3v) is 4.76. The fourth-order valence-electron chi connectivity index (χ4n) is 2.45. The van der Waals surface area contributed by atoms with Crippen LogP contribution in [0.15, 0.2) is 53.7 Å². The normalized spacial score (nSPS) is 11.2. The Morgan fingerprint density at radius 2 is 1.83 bits per heavy atom. The molecule has 1 heterocycles. The van der Waals surface area contributed by atoms with E-state index in [0.29, 0.717) is 6.61 Å². The SMILES string of the molecule is COCCn1c(SCc2ccc(CO)cc2)nc2ccccc21. The third kappa shape index (κ3) is 3.75. The van der Waals surface area contributed by atoms with Crippen molar-refractivity contribution in [3.05, 3.63) is 59.7 Å². The van der Waals surface area contributed by atoms with Crippen molar-refractivity contribution < 1.29 is 9.84 Å². The van der Waals surface area contributed by atoms with Crippen molar-refractivity contribution in [1.29, 1.82) is 0 Å². The van der Waals surface area contributed by atoms with Crippen LogP contribution in [0.2, 0.25) is 0 Å². The van der Waals surface area contributed by atoms with Crippen LogP contribution < -0.4 is 0 Å². The molecule has 0 aliphatic carbocycles. The van der Waals surface area contributed by atoms with E-state index in [2.05, 4.69) is 22.8 Å². The van der Waals surface area contributed by atoms with Gasteiger partial charge in [-0.1, -0.05) is 48.2 Å². The quantitative estimate of drug-likeness (QED) is 0.675. The van der Waals surface area contributed by atoms with E-state index >= 15 is 0 Å². The molecule has 120 valence electrons. The first-order valence-corrected chi connectivity index (χ1v) is 8.56. The molecule has 4 nitrogen and oxygen atoms in total. The molecule has 0 aliphatic heterocycles. The molecule has 0 aliphatic rings. The lowest BCUT2D eigenvalue weighted by atomic mass is 10.2. The molecule has 3 aromatic rings. The van der Waals surface area contributed by atoms with Crippen molar-refractivity contribution >= 4 is 22.8 Å². The van der Waals surface area contributed by atoms with Gasteiger partial charge in [0.15, 0.2) is 5.16 Å². The summed E-state index contributed by atoms with van der Waals surface area (Å²) < 4.78 is 7.44. The number of fused-ring (bicyclic) bond motifs is 1. The van der Waals surface area contributed by atoms with E-state index in [4.69, 9.17) is 14.8 Å². The van der Waals surface area contributed by atoms with Gasteiger partial charge in [-0.2, -0.15) is 0 Å². The van der Waals surface area contributed by atoms with Crippen LogP contribution in [0.25, 0.3) is 11.0 Å². The zero-order chi connectivity index (χ0) is 16.1. The zero-order valence-corrected chi connectivity index (χ0v) is 13.9. The molecule has 0 radical (unpaired) electrons. The Morgan fingerprint density at radius 3 is 2.57 bits per heavy atom. The minimum Gasteiger partial charge on any atom is -0.392 e. The number of thioether (sulfide) groups is 1. The Hall–Kier alpha value is -1.82. The summed E-state index contributed by atoms with van der Waals surface area (Å²) in [6.45, 7) is 1.54. The minimum absolute atomic E-state index is 0.0836. The predicted molar refractivity (Wildman–Crippen MR) is 93.5 cm³/mol. The molecular formula is C18H20N2O2S. The van der Waals surface area contributed by atoms with Gasteiger partial charge in [0.25, 0.3) is 0 Å². The van der Waals surface area contributed by atoms with Crippen molar-refractivity contribution in [2.75, 3.05) is 13.7 Å². The number of methoxy groups -OCH3 is 1. The Morgan fingerprint density at radius 1 is 1.09 bits per heavy atom. The maximum Gasteiger partial charge on any atom is 0.169 e. The van der Waals surface area contributed by atoms with E-state index < -0.39 is 0 Å². The van der Waals surface area contributed by atoms with E-state index in [-0.39, 0.29) is 6.61 Å². The van der Waals surface area contributed by atoms with Crippen LogP contribution in [0.4, 0.5) is 0 Å². The average Bonchev–Trinajstić information content (AvgIpc) is 2.96. The number of hydrogen-bond donors (Lipinski definition) is 1. The summed E-state index contributed by atoms with van der Waals surface area (Å²) >= 11 is 1.72. The first kappa shape index (κ1) is 16.1. The molecular weight excluding hydrogens is 308 g/mol. The second-order valence-electron chi connectivity index (χ2n) is 5.29. The fourth-order valence-corrected chi connectivity index (χ4v) is 3.45. The van der Waals surface area contributed by atoms with Crippen LogP contribution in [-0.4, -0.2) is 28.4 Å². The smallest absolute Gasteiger partial charge is 0.169 e. The predicted octanol–water partition coefficient (Wildman–Crippen LogP) is 3.47. The van der Waals surface area contributed by atoms with E-state index in [1.807, 2.05) is 30.3 Å². The molecule has 23 heavy (non-hydrogen) atoms. The molecule has 0 spiro atoms. The van der Waals surface area contributed by atoms with Gasteiger partial charge in [-0.05, 0) is 23.3 Å². The van der Waals surface area contributed by atoms with Crippen LogP contribution in [0.5, 0.6) is 0 Å². The summed E-state index contributed by atoms with van der Waals surface area (Å²) in [6, 6.07) is 16.2. The molecule has 2 aromatic carbocycles. The minimum atomic E-state index is 0.0836. The molecule has 0 fully saturated rings. The van der Waals surface area contributed by atoms with E-state index in [0.717, 1.165) is 34.1 Å². The number of imidazole rings is 1. The first-order chi connectivity index (χ1) is 11.3. The second kappa shape index (κ2) is 7.64. The summed E-state index contributed by atoms with van der Waals surface area (Å²) in [6.07, 6.45) is 0. The van der Waals surface area contributed by atoms with Crippen LogP contribution in [0.1, 0.15) is 11.1 Å². The highest BCUT2D eigenvalue weighted by atomic mass is 32.2. The Bertz CT molecular complexity index is 768. The largest absolute Gasteiger partial charge is 0.392 e. The number of aromatic nitrogens is 2. The van der Waals surface area contributed by atoms with Crippen LogP contribution in [-0.2, 0) is 23.6 Å². The van der Waals surface area contributed by atoms with Crippen LogP contribution in [0.3, 0.4) is 0 Å². The van der Waals surface area contributed by atoms with Crippen molar-refractivity contribution in [3.8, 4) is 0 Å². The van der Waals surface area contributed by atoms with Crippen molar-refractivity contribution in [3.63, 3.8) is 0 Å². The van der Waals surface area contributed by atoms with Crippen molar-refractivity contribution in [2.24, 2.45) is 0 Å². The lowest BCUT2D eigenvalue weighted by molar-refractivity contribution is 0.186. The van der Waals surface area contributed by atoms with Crippen LogP contribution in [0, 0.1) is 0 Å². The summed E-state index contributed by atoms with van der Waals surface area (Å²) in [5, 5.41) is 10.1. The lowest BCUT2D eigenvalue weighted by Gasteiger charge is -2.08. The Balaban J connectivity index is 1.80. The molecule has 1 aromatic heterocycles. The topological polar surface area (TPSA) is 47.3 Å². The van der Waals surface area contributed by atoms with Crippen LogP contribution >= 0.6 is 11.8 Å². The molecule has 1 N–H and O–H groups in total. The number of aliphatic hydroxyl groups excluding tert-OH is 1. The molecule has 3 rings (SSSR count). The van der Waals surface area contributed by atoms with Gasteiger partial charge in [0.1, 0.15) is 0 Å². The molecule has 0 saturated heterocycles. The summed E-state index contributed by atoms with van der Waals surface area (Å²) in [5.41, 5.74) is 4.31. The van der Waals surface area contributed by atoms with Gasteiger partial charge in [0.05, 0.1) is 24.2 Å². The van der Waals surface area contributed by atoms with E-state index in [1.165, 1.54) is 5.56 Å². The van der Waals surface area contributed by atoms with Gasteiger partial charge < -0.3 is 14.4 Å². The third-order valence-electron chi connectivity index (χ3n) is 3.71. The summed E-state index contributed by atoms with van der Waals surface area (Å²) in [4.78, 5) is 4.74. The molecule has 5 heteroatoms. The maximum atomic E-state index is 9.11. The van der Waals surface area contributed by atoms with Gasteiger partial charge in [0, 0.05) is 19.4 Å². The maximum absolute atomic E-state index is 9.11. The second-order valence-corrected chi connectivity index (χ2v) is 6.23. The number of ether oxygens (including phenoxy) is 1. The number of aliphatic hydroxyl groups is 1. The molecule has 0 bridgehead atoms. The Labute approximate surface area is 140 Å². The van der Waals surface area contributed by atoms with Gasteiger partial charge in [-0.3, -0.25) is 0 Å². The van der Waals surface area contributed by atoms with E-state index in [1.54, 1.807) is 18.9 Å². The first-order valence-electron chi connectivity index (χ1n) is 7.57. The van der Waals surface area contributed by atoms with Crippen molar-refractivity contribution in [1.82, 2.24) is 9.55 Å². The molecule has 0 atom stereocenters. The Kier molecular flexibility index (Phi) is 5.33. The van der Waals surface area contributed by atoms with E-state index in [9.17, 15) is 0 Å². The standard InChI is InChI=1S/C18H20N2O2S/c1-22-11-10-20-17-5-3-2-4-16(17)19-18(20)23-13-15-8-6-14(12-21)7-9-15/h2-9,21H,10-13H2,1H3. The molecule has 0 amide bonds. The summed E-state index contributed by atoms with van der Waals surface area (Å²) in [5.74, 6) is 0.849. The average molecular weight is 328 g/mol. The molecule has 0 saturated carbocycles. The zero-order valence-electron chi connectivity index (χ0n) is 13.1. The van der Waals surface area contributed by atoms with Gasteiger partial charge in [-0.25, -0.2) is 4.98 Å². The van der Waals surface area contributed by atoms with Crippen molar-refractivity contribution in [2.45, 2.75) is 24.1 Å². The number of rotatable bonds is 7. The number of para-hydroxylation sites is 2. The fraction of sp³-hybridized carbons (Fsp3) is 0.278. The highest BCUT2D eigenvalue weighted by molar-refractivity contribution is 7.98. The van der Waals surface area contributed by atoms with Gasteiger partial charge in [-0.15, -0.1) is 0 Å².